The molecule has 5 fully saturated rings. The number of esters is 1. The van der Waals surface area contributed by atoms with E-state index >= 15 is 0 Å². The van der Waals surface area contributed by atoms with Gasteiger partial charge in [0.2, 0.25) is 0 Å². The summed E-state index contributed by atoms with van der Waals surface area (Å²) in [7, 11) is 0. The first-order chi connectivity index (χ1) is 17.0. The third-order valence-electron chi connectivity index (χ3n) is 13.1. The second-order valence-corrected chi connectivity index (χ2v) is 15.1. The van der Waals surface area contributed by atoms with Crippen LogP contribution in [0.15, 0.2) is 0 Å². The minimum Gasteiger partial charge on any atom is -0.459 e. The van der Waals surface area contributed by atoms with E-state index in [9.17, 15) is 20.1 Å². The van der Waals surface area contributed by atoms with Crippen LogP contribution in [0.1, 0.15) is 107 Å². The molecule has 6 nitrogen and oxygen atoms in total. The number of aliphatic hydroxyl groups is 3. The summed E-state index contributed by atoms with van der Waals surface area (Å²) in [4.78, 5) is 12.3. The maximum Gasteiger partial charge on any atom is 0.303 e. The molecule has 0 aromatic carbocycles. The van der Waals surface area contributed by atoms with Gasteiger partial charge >= 0.3 is 5.97 Å². The van der Waals surface area contributed by atoms with Crippen LogP contribution >= 0.6 is 0 Å². The fraction of sp³-hybridized carbons (Fsp3) is 0.968. The molecule has 1 saturated heterocycles. The Morgan fingerprint density at radius 2 is 1.68 bits per heavy atom. The van der Waals surface area contributed by atoms with Gasteiger partial charge in [0.1, 0.15) is 17.3 Å². The van der Waals surface area contributed by atoms with Gasteiger partial charge in [0.25, 0.3) is 0 Å². The van der Waals surface area contributed by atoms with Crippen molar-refractivity contribution in [2.24, 2.45) is 46.3 Å². The van der Waals surface area contributed by atoms with Crippen molar-refractivity contribution in [3.8, 4) is 0 Å². The van der Waals surface area contributed by atoms with Crippen LogP contribution in [0, 0.1) is 46.3 Å². The van der Waals surface area contributed by atoms with Crippen LogP contribution in [0.5, 0.6) is 0 Å². The van der Waals surface area contributed by atoms with Crippen molar-refractivity contribution < 1.29 is 29.6 Å². The van der Waals surface area contributed by atoms with Gasteiger partial charge in [-0.25, -0.2) is 0 Å². The summed E-state index contributed by atoms with van der Waals surface area (Å²) in [5, 5.41) is 32.9. The average molecular weight is 521 g/mol. The van der Waals surface area contributed by atoms with E-state index in [4.69, 9.17) is 9.47 Å². The van der Waals surface area contributed by atoms with Crippen molar-refractivity contribution in [1.82, 2.24) is 0 Å². The van der Waals surface area contributed by atoms with Crippen molar-refractivity contribution in [2.45, 2.75) is 142 Å². The highest BCUT2D eigenvalue weighted by molar-refractivity contribution is 5.66. The fourth-order valence-electron chi connectivity index (χ4n) is 10.7. The molecule has 6 heteroatoms. The van der Waals surface area contributed by atoms with Gasteiger partial charge in [-0.1, -0.05) is 27.7 Å². The van der Waals surface area contributed by atoms with Gasteiger partial charge in [-0.15, -0.1) is 0 Å². The third kappa shape index (κ3) is 3.74. The quantitative estimate of drug-likeness (QED) is 0.354. The number of hydrogen-bond acceptors (Lipinski definition) is 6. The molecule has 5 aliphatic rings. The van der Waals surface area contributed by atoms with Gasteiger partial charge < -0.3 is 24.8 Å². The lowest BCUT2D eigenvalue weighted by atomic mass is 9.44. The molecular formula is C31H52O6. The number of aliphatic hydroxyl groups excluding tert-OH is 2. The van der Waals surface area contributed by atoms with E-state index in [2.05, 4.69) is 13.8 Å². The molecule has 0 aromatic heterocycles. The first-order valence-corrected chi connectivity index (χ1v) is 15.0. The summed E-state index contributed by atoms with van der Waals surface area (Å²) >= 11 is 0. The molecule has 3 N–H and O–H groups in total. The maximum absolute atomic E-state index is 12.3. The summed E-state index contributed by atoms with van der Waals surface area (Å²) in [6.07, 6.45) is 6.84. The van der Waals surface area contributed by atoms with E-state index in [1.165, 1.54) is 13.3 Å². The first-order valence-electron chi connectivity index (χ1n) is 15.0. The van der Waals surface area contributed by atoms with Gasteiger partial charge in [0.15, 0.2) is 0 Å². The standard InChI is InChI=1S/C31H52O6/c1-17(18(2)27(4,5)35)26(36-19(3)32)30(8)31(37-30)25(34)16-24-22-10-9-20-15-21(33)11-13-28(20,6)23(22)12-14-29(24,31)7/h17-18,20-26,33-35H,9-16H2,1-8H3/t17-,18-,20-,21+,22+,23-,24-,25-,26+,28-,29-,30-,31-/m0/s1. The lowest BCUT2D eigenvalue weighted by molar-refractivity contribution is -0.158. The average Bonchev–Trinajstić information content (AvgIpc) is 3.39. The molecule has 1 spiro atoms. The zero-order valence-corrected chi connectivity index (χ0v) is 24.4. The Kier molecular flexibility index (Phi) is 6.52. The van der Waals surface area contributed by atoms with Crippen molar-refractivity contribution in [3.05, 3.63) is 0 Å². The minimum absolute atomic E-state index is 0.135. The molecule has 0 radical (unpaired) electrons. The predicted molar refractivity (Wildman–Crippen MR) is 142 cm³/mol. The Morgan fingerprint density at radius 3 is 2.30 bits per heavy atom. The molecule has 1 aliphatic heterocycles. The number of ether oxygens (including phenoxy) is 2. The summed E-state index contributed by atoms with van der Waals surface area (Å²) in [5.41, 5.74) is -2.41. The van der Waals surface area contributed by atoms with E-state index in [0.29, 0.717) is 23.7 Å². The molecule has 13 atom stereocenters. The largest absolute Gasteiger partial charge is 0.459 e. The zero-order chi connectivity index (χ0) is 27.3. The van der Waals surface area contributed by atoms with Crippen LogP contribution in [-0.2, 0) is 14.3 Å². The Labute approximate surface area is 223 Å². The molecule has 37 heavy (non-hydrogen) atoms. The monoisotopic (exact) mass is 520 g/mol. The molecular weight excluding hydrogens is 468 g/mol. The van der Waals surface area contributed by atoms with Crippen molar-refractivity contribution >= 4 is 5.97 Å². The normalized spacial score (nSPS) is 51.4. The van der Waals surface area contributed by atoms with Crippen molar-refractivity contribution in [2.75, 3.05) is 0 Å². The Balaban J connectivity index is 1.46. The second-order valence-electron chi connectivity index (χ2n) is 15.1. The lowest BCUT2D eigenvalue weighted by Gasteiger charge is -2.60. The molecule has 5 rings (SSSR count). The number of epoxide rings is 1. The number of carbonyl (C=O) groups is 1. The summed E-state index contributed by atoms with van der Waals surface area (Å²) < 4.78 is 12.8. The predicted octanol–water partition coefficient (Wildman–Crippen LogP) is 4.86. The summed E-state index contributed by atoms with van der Waals surface area (Å²) in [6.45, 7) is 15.9. The molecule has 4 aliphatic carbocycles. The number of rotatable bonds is 5. The van der Waals surface area contributed by atoms with Gasteiger partial charge in [-0.2, -0.15) is 0 Å². The maximum atomic E-state index is 12.3. The van der Waals surface area contributed by atoms with Crippen LogP contribution in [-0.4, -0.2) is 56.4 Å². The van der Waals surface area contributed by atoms with Gasteiger partial charge in [0.05, 0.1) is 17.8 Å². The Morgan fingerprint density at radius 1 is 1.00 bits per heavy atom. The topological polar surface area (TPSA) is 99.5 Å². The van der Waals surface area contributed by atoms with Crippen LogP contribution in [0.25, 0.3) is 0 Å². The summed E-state index contributed by atoms with van der Waals surface area (Å²) in [5.74, 6) is 1.51. The molecule has 0 amide bonds. The molecule has 212 valence electrons. The van der Waals surface area contributed by atoms with Crippen molar-refractivity contribution in [3.63, 3.8) is 0 Å². The van der Waals surface area contributed by atoms with E-state index in [1.54, 1.807) is 13.8 Å². The third-order valence-corrected chi connectivity index (χ3v) is 13.1. The molecule has 1 heterocycles. The van der Waals surface area contributed by atoms with Crippen LogP contribution in [0.3, 0.4) is 0 Å². The van der Waals surface area contributed by atoms with E-state index in [1.807, 2.05) is 20.8 Å². The highest BCUT2D eigenvalue weighted by Gasteiger charge is 2.86. The number of hydrogen-bond donors (Lipinski definition) is 3. The van der Waals surface area contributed by atoms with E-state index in [-0.39, 0.29) is 34.7 Å². The van der Waals surface area contributed by atoms with E-state index in [0.717, 1.165) is 44.9 Å². The first kappa shape index (κ1) is 27.9. The SMILES string of the molecule is CC(=O)O[C@H]([C@@H](C)[C@H](C)C(C)(C)O)[C@]1(C)O[C@]12[C@@H](O)C[C@H]1[C@@H]3CC[C@H]4C[C@H](O)CC[C@]4(C)[C@H]3CC[C@@]12C. The molecule has 0 unspecified atom stereocenters. The van der Waals surface area contributed by atoms with Gasteiger partial charge in [-0.05, 0) is 107 Å². The Hall–Kier alpha value is -0.690. The van der Waals surface area contributed by atoms with E-state index < -0.39 is 29.0 Å². The zero-order valence-electron chi connectivity index (χ0n) is 24.4. The minimum atomic E-state index is -0.934. The molecule has 4 saturated carbocycles. The fourth-order valence-corrected chi connectivity index (χ4v) is 10.7. The molecule has 0 aromatic rings. The lowest BCUT2D eigenvalue weighted by Crippen LogP contribution is -2.58. The summed E-state index contributed by atoms with van der Waals surface area (Å²) in [6, 6.07) is 0. The number of carbonyl (C=O) groups excluding carboxylic acids is 1. The van der Waals surface area contributed by atoms with Crippen LogP contribution in [0.2, 0.25) is 0 Å². The highest BCUT2D eigenvalue weighted by atomic mass is 16.7. The van der Waals surface area contributed by atoms with Gasteiger partial charge in [0, 0.05) is 18.3 Å². The highest BCUT2D eigenvalue weighted by Crippen LogP contribution is 2.76. The second kappa shape index (κ2) is 8.65. The number of fused-ring (bicyclic) bond motifs is 6. The van der Waals surface area contributed by atoms with Crippen LogP contribution in [0.4, 0.5) is 0 Å². The molecule has 0 bridgehead atoms. The van der Waals surface area contributed by atoms with Crippen LogP contribution < -0.4 is 0 Å². The van der Waals surface area contributed by atoms with Crippen molar-refractivity contribution in [1.29, 1.82) is 0 Å². The Bertz CT molecular complexity index is 914. The smallest absolute Gasteiger partial charge is 0.303 e. The van der Waals surface area contributed by atoms with Gasteiger partial charge in [-0.3, -0.25) is 4.79 Å².